The summed E-state index contributed by atoms with van der Waals surface area (Å²) in [4.78, 5) is 0. The van der Waals surface area contributed by atoms with Crippen molar-refractivity contribution >= 4 is 18.4 Å². The number of hydrogen-bond donors (Lipinski definition) is 1. The maximum Gasteiger partial charge on any atom is 0.216 e. The molecule has 0 aliphatic carbocycles. The lowest BCUT2D eigenvalue weighted by atomic mass is 10.2. The molecule has 0 saturated carbocycles. The summed E-state index contributed by atoms with van der Waals surface area (Å²) in [6.45, 7) is 0. The van der Waals surface area contributed by atoms with Crippen LogP contribution in [0.1, 0.15) is 5.56 Å². The molecule has 1 heterocycles. The Labute approximate surface area is 137 Å². The maximum atomic E-state index is 12.9. The summed E-state index contributed by atoms with van der Waals surface area (Å²) in [6, 6.07) is 13.4. The van der Waals surface area contributed by atoms with Crippen molar-refractivity contribution in [1.29, 1.82) is 0 Å². The molecule has 0 amide bonds. The summed E-state index contributed by atoms with van der Waals surface area (Å²) in [5.41, 5.74) is 1.57. The van der Waals surface area contributed by atoms with Crippen LogP contribution in [0.25, 0.3) is 11.4 Å². The summed E-state index contributed by atoms with van der Waals surface area (Å²) in [5.74, 6) is 0.983. The molecule has 0 atom stereocenters. The van der Waals surface area contributed by atoms with Crippen LogP contribution in [0.4, 0.5) is 4.39 Å². The minimum atomic E-state index is -0.292. The molecule has 116 valence electrons. The van der Waals surface area contributed by atoms with E-state index in [9.17, 15) is 4.39 Å². The van der Waals surface area contributed by atoms with Crippen LogP contribution in [-0.2, 0) is 0 Å². The van der Waals surface area contributed by atoms with Crippen molar-refractivity contribution in [3.05, 3.63) is 64.7 Å². The Kier molecular flexibility index (Phi) is 4.29. The van der Waals surface area contributed by atoms with E-state index in [1.54, 1.807) is 25.5 Å². The summed E-state index contributed by atoms with van der Waals surface area (Å²) in [6.07, 6.45) is 1.59. The zero-order valence-electron chi connectivity index (χ0n) is 12.2. The van der Waals surface area contributed by atoms with Crippen LogP contribution in [0.15, 0.2) is 53.6 Å². The summed E-state index contributed by atoms with van der Waals surface area (Å²) < 4.78 is 20.0. The van der Waals surface area contributed by atoms with Crippen LogP contribution in [-0.4, -0.2) is 28.2 Å². The van der Waals surface area contributed by atoms with Gasteiger partial charge in [0.15, 0.2) is 5.82 Å². The highest BCUT2D eigenvalue weighted by molar-refractivity contribution is 7.71. The molecular formula is C16H13FN4OS. The van der Waals surface area contributed by atoms with Crippen LogP contribution in [0.2, 0.25) is 0 Å². The number of nitrogens with zero attached hydrogens (tertiary/aromatic N) is 3. The predicted octanol–water partition coefficient (Wildman–Crippen LogP) is 3.64. The third-order valence-corrected chi connectivity index (χ3v) is 3.43. The van der Waals surface area contributed by atoms with Gasteiger partial charge in [0, 0.05) is 5.56 Å². The molecule has 0 spiro atoms. The van der Waals surface area contributed by atoms with Gasteiger partial charge in [-0.15, -0.1) is 0 Å². The first-order valence-corrected chi connectivity index (χ1v) is 7.20. The van der Waals surface area contributed by atoms with E-state index in [-0.39, 0.29) is 5.82 Å². The molecule has 7 heteroatoms. The normalized spacial score (nSPS) is 11.0. The molecule has 0 bridgehead atoms. The fraction of sp³-hybridized carbons (Fsp3) is 0.0625. The number of ether oxygens (including phenoxy) is 1. The average molecular weight is 328 g/mol. The Balaban J connectivity index is 1.98. The first-order valence-electron chi connectivity index (χ1n) is 6.79. The number of H-pyrrole nitrogens is 1. The van der Waals surface area contributed by atoms with Crippen LogP contribution in [0, 0.1) is 10.6 Å². The number of rotatable bonds is 4. The number of benzene rings is 2. The third kappa shape index (κ3) is 3.35. The quantitative estimate of drug-likeness (QED) is 0.588. The molecule has 0 unspecified atom stereocenters. The van der Waals surface area contributed by atoms with Crippen molar-refractivity contribution in [3.63, 3.8) is 0 Å². The van der Waals surface area contributed by atoms with E-state index in [4.69, 9.17) is 17.0 Å². The highest BCUT2D eigenvalue weighted by atomic mass is 32.1. The van der Waals surface area contributed by atoms with Gasteiger partial charge in [-0.2, -0.15) is 14.9 Å². The monoisotopic (exact) mass is 328 g/mol. The van der Waals surface area contributed by atoms with Gasteiger partial charge in [-0.1, -0.05) is 24.3 Å². The van der Waals surface area contributed by atoms with Gasteiger partial charge in [-0.25, -0.2) is 9.49 Å². The van der Waals surface area contributed by atoms with E-state index in [2.05, 4.69) is 15.3 Å². The van der Waals surface area contributed by atoms with Gasteiger partial charge in [0.1, 0.15) is 11.6 Å². The first-order chi connectivity index (χ1) is 11.2. The second-order valence-electron chi connectivity index (χ2n) is 4.69. The van der Waals surface area contributed by atoms with Crippen molar-refractivity contribution in [2.45, 2.75) is 0 Å². The predicted molar refractivity (Wildman–Crippen MR) is 88.8 cm³/mol. The number of nitrogens with one attached hydrogen (secondary N) is 1. The standard InChI is InChI=1S/C16H13FN4OS/c1-22-14-4-2-3-12(9-14)15-19-20-16(23)21(15)18-10-11-5-7-13(17)8-6-11/h2-10H,1H3,(H,20,23)/b18-10-. The second-order valence-corrected chi connectivity index (χ2v) is 5.08. The molecule has 3 aromatic rings. The highest BCUT2D eigenvalue weighted by Crippen LogP contribution is 2.22. The lowest BCUT2D eigenvalue weighted by Crippen LogP contribution is -1.95. The smallest absolute Gasteiger partial charge is 0.216 e. The van der Waals surface area contributed by atoms with E-state index in [0.717, 1.165) is 11.1 Å². The van der Waals surface area contributed by atoms with E-state index >= 15 is 0 Å². The Morgan fingerprint density at radius 1 is 1.26 bits per heavy atom. The summed E-state index contributed by atoms with van der Waals surface area (Å²) in [5, 5.41) is 11.3. The molecule has 0 aliphatic rings. The fourth-order valence-corrected chi connectivity index (χ4v) is 2.20. The van der Waals surface area contributed by atoms with Crippen LogP contribution >= 0.6 is 12.2 Å². The van der Waals surface area contributed by atoms with E-state index in [1.165, 1.54) is 16.8 Å². The van der Waals surface area contributed by atoms with Gasteiger partial charge < -0.3 is 4.74 Å². The molecule has 0 saturated heterocycles. The SMILES string of the molecule is COc1cccc(-c2n[nH]c(=S)n2/N=C\c2ccc(F)cc2)c1. The summed E-state index contributed by atoms with van der Waals surface area (Å²) >= 11 is 5.21. The zero-order chi connectivity index (χ0) is 16.2. The molecule has 5 nitrogen and oxygen atoms in total. The topological polar surface area (TPSA) is 55.2 Å². The van der Waals surface area contributed by atoms with Crippen LogP contribution in [0.5, 0.6) is 5.75 Å². The third-order valence-electron chi connectivity index (χ3n) is 3.17. The van der Waals surface area contributed by atoms with Crippen molar-refractivity contribution in [1.82, 2.24) is 14.9 Å². The Morgan fingerprint density at radius 2 is 2.04 bits per heavy atom. The highest BCUT2D eigenvalue weighted by Gasteiger charge is 2.08. The van der Waals surface area contributed by atoms with Gasteiger partial charge in [-0.3, -0.25) is 0 Å². The van der Waals surface area contributed by atoms with Crippen LogP contribution < -0.4 is 4.74 Å². The van der Waals surface area contributed by atoms with Gasteiger partial charge in [0.2, 0.25) is 4.77 Å². The van der Waals surface area contributed by atoms with Gasteiger partial charge in [0.05, 0.1) is 13.3 Å². The minimum Gasteiger partial charge on any atom is -0.497 e. The lowest BCUT2D eigenvalue weighted by Gasteiger charge is -2.03. The number of halogens is 1. The van der Waals surface area contributed by atoms with Crippen molar-refractivity contribution in [3.8, 4) is 17.1 Å². The van der Waals surface area contributed by atoms with E-state index in [0.29, 0.717) is 16.3 Å². The zero-order valence-corrected chi connectivity index (χ0v) is 13.0. The molecule has 0 aliphatic heterocycles. The molecule has 0 radical (unpaired) electrons. The molecule has 1 aromatic heterocycles. The average Bonchev–Trinajstić information content (AvgIpc) is 2.95. The van der Waals surface area contributed by atoms with Gasteiger partial charge >= 0.3 is 0 Å². The number of aromatic nitrogens is 3. The largest absolute Gasteiger partial charge is 0.497 e. The van der Waals surface area contributed by atoms with Gasteiger partial charge in [0.25, 0.3) is 0 Å². The summed E-state index contributed by atoms with van der Waals surface area (Å²) in [7, 11) is 1.60. The van der Waals surface area contributed by atoms with E-state index < -0.39 is 0 Å². The number of hydrogen-bond acceptors (Lipinski definition) is 4. The lowest BCUT2D eigenvalue weighted by molar-refractivity contribution is 0.415. The van der Waals surface area contributed by atoms with E-state index in [1.807, 2.05) is 24.3 Å². The van der Waals surface area contributed by atoms with Crippen molar-refractivity contribution in [2.24, 2.45) is 5.10 Å². The molecule has 23 heavy (non-hydrogen) atoms. The van der Waals surface area contributed by atoms with Crippen molar-refractivity contribution in [2.75, 3.05) is 7.11 Å². The minimum absolute atomic E-state index is 0.292. The van der Waals surface area contributed by atoms with Gasteiger partial charge in [-0.05, 0) is 42.0 Å². The molecule has 3 rings (SSSR count). The van der Waals surface area contributed by atoms with Crippen LogP contribution in [0.3, 0.4) is 0 Å². The Morgan fingerprint density at radius 3 is 2.78 bits per heavy atom. The molecule has 2 aromatic carbocycles. The number of aromatic amines is 1. The molecular weight excluding hydrogens is 315 g/mol. The number of methoxy groups -OCH3 is 1. The molecule has 1 N–H and O–H groups in total. The molecule has 0 fully saturated rings. The maximum absolute atomic E-state index is 12.9. The van der Waals surface area contributed by atoms with Crippen molar-refractivity contribution < 1.29 is 9.13 Å². The Bertz CT molecular complexity index is 899. The fourth-order valence-electron chi connectivity index (χ4n) is 2.02. The first kappa shape index (κ1) is 15.1. The second kappa shape index (κ2) is 6.53. The Hall–Kier alpha value is -2.80.